The maximum Gasteiger partial charge on any atom is 2.00 e. The van der Waals surface area contributed by atoms with Crippen LogP contribution in [0.2, 0.25) is 0 Å². The Morgan fingerprint density at radius 2 is 1.72 bits per heavy atom. The van der Waals surface area contributed by atoms with Crippen molar-refractivity contribution in [3.8, 4) is 28.4 Å². The van der Waals surface area contributed by atoms with E-state index in [0.29, 0.717) is 11.6 Å². The van der Waals surface area contributed by atoms with E-state index < -0.39 is 0 Å². The molecule has 6 heteroatoms. The van der Waals surface area contributed by atoms with Gasteiger partial charge in [-0.15, -0.1) is 41.2 Å². The molecule has 4 aromatic carbocycles. The zero-order valence-corrected chi connectivity index (χ0v) is 24.4. The number of aromatic hydroxyl groups is 1. The normalized spacial score (nSPS) is 11.5. The summed E-state index contributed by atoms with van der Waals surface area (Å²) >= 11 is 1.79. The van der Waals surface area contributed by atoms with Gasteiger partial charge < -0.3 is 14.7 Å². The molecule has 0 unspecified atom stereocenters. The van der Waals surface area contributed by atoms with Crippen molar-refractivity contribution < 1.29 is 30.7 Å². The summed E-state index contributed by atoms with van der Waals surface area (Å²) in [5, 5.41) is 13.0. The fourth-order valence-electron chi connectivity index (χ4n) is 5.07. The van der Waals surface area contributed by atoms with Crippen LogP contribution >= 0.6 is 11.3 Å². The van der Waals surface area contributed by atoms with Crippen molar-refractivity contribution in [2.75, 3.05) is 0 Å². The third-order valence-corrected chi connectivity index (χ3v) is 8.22. The first kappa shape index (κ1) is 25.5. The topological polar surface area (TPSA) is 41.9 Å². The van der Waals surface area contributed by atoms with Crippen LogP contribution in [-0.2, 0) is 21.1 Å². The minimum atomic E-state index is 0. The molecule has 7 rings (SSSR count). The Kier molecular flexibility index (Phi) is 6.58. The Balaban J connectivity index is 0.00000277. The van der Waals surface area contributed by atoms with Crippen molar-refractivity contribution in [3.63, 3.8) is 0 Å². The minimum absolute atomic E-state index is 0. The number of phenols is 1. The Hall–Kier alpha value is -3.79. The Bertz CT molecular complexity index is 1990. The number of rotatable bonds is 4. The SMILES string of the molecule is CC(C)c1ccc2c(c1)sc1c(-c3[c-]c(-[n+]4[c-]n(-c5ccccc5O)c5ccccc54)ccc3)nccc12.[Pt+2]. The smallest absolute Gasteiger partial charge is 0.511 e. The summed E-state index contributed by atoms with van der Waals surface area (Å²) in [5.41, 5.74) is 6.66. The maximum atomic E-state index is 10.5. The average Bonchev–Trinajstić information content (AvgIpc) is 3.52. The molecule has 4 nitrogen and oxygen atoms in total. The molecule has 0 radical (unpaired) electrons. The van der Waals surface area contributed by atoms with Gasteiger partial charge in [0.25, 0.3) is 6.33 Å². The number of phenolic OH excluding ortho intramolecular Hbond substituents is 1. The van der Waals surface area contributed by atoms with Gasteiger partial charge in [0, 0.05) is 21.3 Å². The zero-order chi connectivity index (χ0) is 25.8. The molecule has 0 aliphatic rings. The average molecular weight is 706 g/mol. The van der Waals surface area contributed by atoms with E-state index in [9.17, 15) is 5.11 Å². The molecule has 192 valence electrons. The minimum Gasteiger partial charge on any atom is -0.511 e. The van der Waals surface area contributed by atoms with Gasteiger partial charge in [-0.3, -0.25) is 4.57 Å². The number of aromatic nitrogens is 3. The van der Waals surface area contributed by atoms with Crippen molar-refractivity contribution >= 4 is 42.5 Å². The molecule has 1 N–H and O–H groups in total. The second kappa shape index (κ2) is 10.1. The van der Waals surface area contributed by atoms with Crippen LogP contribution in [0.3, 0.4) is 0 Å². The van der Waals surface area contributed by atoms with E-state index in [2.05, 4.69) is 62.6 Å². The number of thiophene rings is 1. The summed E-state index contributed by atoms with van der Waals surface area (Å²) in [6, 6.07) is 34.1. The molecule has 3 heterocycles. The predicted molar refractivity (Wildman–Crippen MR) is 154 cm³/mol. The molecule has 0 spiro atoms. The van der Waals surface area contributed by atoms with Crippen LogP contribution in [0, 0.1) is 12.4 Å². The molecule has 0 amide bonds. The van der Waals surface area contributed by atoms with Crippen molar-refractivity contribution in [2.24, 2.45) is 0 Å². The van der Waals surface area contributed by atoms with Crippen molar-refractivity contribution in [3.05, 3.63) is 115 Å². The Morgan fingerprint density at radius 3 is 2.56 bits per heavy atom. The first-order valence-corrected chi connectivity index (χ1v) is 13.5. The van der Waals surface area contributed by atoms with Crippen LogP contribution in [0.1, 0.15) is 25.3 Å². The van der Waals surface area contributed by atoms with Gasteiger partial charge in [-0.2, -0.15) is 0 Å². The molecule has 39 heavy (non-hydrogen) atoms. The molecule has 0 saturated heterocycles. The number of nitrogens with zero attached hydrogens (tertiary/aromatic N) is 3. The molecule has 3 aromatic heterocycles. The predicted octanol–water partition coefficient (Wildman–Crippen LogP) is 7.76. The van der Waals surface area contributed by atoms with E-state index in [0.717, 1.165) is 28.0 Å². The van der Waals surface area contributed by atoms with Gasteiger partial charge in [0.15, 0.2) is 0 Å². The van der Waals surface area contributed by atoms with E-state index >= 15 is 0 Å². The molecular weight excluding hydrogens is 682 g/mol. The third kappa shape index (κ3) is 4.27. The van der Waals surface area contributed by atoms with Crippen LogP contribution in [0.25, 0.3) is 53.8 Å². The molecule has 0 saturated carbocycles. The van der Waals surface area contributed by atoms with Gasteiger partial charge in [0.1, 0.15) is 11.4 Å². The Morgan fingerprint density at radius 1 is 0.897 bits per heavy atom. The van der Waals surface area contributed by atoms with Crippen molar-refractivity contribution in [1.29, 1.82) is 0 Å². The quantitative estimate of drug-likeness (QED) is 0.150. The molecule has 0 bridgehead atoms. The number of pyridine rings is 1. The molecule has 7 aromatic rings. The fraction of sp³-hybridized carbons (Fsp3) is 0.0909. The van der Waals surface area contributed by atoms with Crippen LogP contribution in [-0.4, -0.2) is 14.7 Å². The van der Waals surface area contributed by atoms with Gasteiger partial charge in [0.05, 0.1) is 11.0 Å². The molecular formula is C33H24N3OPtS+. The number of benzene rings is 4. The summed E-state index contributed by atoms with van der Waals surface area (Å²) in [5.74, 6) is 0.691. The van der Waals surface area contributed by atoms with Crippen LogP contribution in [0.5, 0.6) is 5.75 Å². The van der Waals surface area contributed by atoms with Gasteiger partial charge in [-0.25, -0.2) is 0 Å². The first-order valence-electron chi connectivity index (χ1n) is 12.7. The van der Waals surface area contributed by atoms with Gasteiger partial charge in [-0.05, 0) is 52.2 Å². The maximum absolute atomic E-state index is 10.5. The van der Waals surface area contributed by atoms with Gasteiger partial charge in [-0.1, -0.05) is 62.4 Å². The summed E-state index contributed by atoms with van der Waals surface area (Å²) < 4.78 is 6.33. The number of imidazole rings is 1. The summed E-state index contributed by atoms with van der Waals surface area (Å²) in [6.07, 6.45) is 5.33. The zero-order valence-electron chi connectivity index (χ0n) is 21.3. The van der Waals surface area contributed by atoms with E-state index in [1.807, 2.05) is 63.9 Å². The molecule has 0 fully saturated rings. The van der Waals surface area contributed by atoms with Gasteiger partial charge >= 0.3 is 21.1 Å². The number of hydrogen-bond acceptors (Lipinski definition) is 3. The van der Waals surface area contributed by atoms with E-state index in [1.165, 1.54) is 25.7 Å². The number of para-hydroxylation sites is 4. The van der Waals surface area contributed by atoms with Crippen LogP contribution in [0.4, 0.5) is 0 Å². The van der Waals surface area contributed by atoms with E-state index in [1.54, 1.807) is 17.4 Å². The van der Waals surface area contributed by atoms with Crippen LogP contribution in [0.15, 0.2) is 97.2 Å². The number of hydrogen-bond donors (Lipinski definition) is 1. The third-order valence-electron chi connectivity index (χ3n) is 7.04. The summed E-state index contributed by atoms with van der Waals surface area (Å²) in [6.45, 7) is 4.46. The van der Waals surface area contributed by atoms with Crippen LogP contribution < -0.4 is 4.57 Å². The van der Waals surface area contributed by atoms with Crippen molar-refractivity contribution in [1.82, 2.24) is 9.55 Å². The second-order valence-electron chi connectivity index (χ2n) is 9.75. The monoisotopic (exact) mass is 705 g/mol. The molecule has 0 aliphatic heterocycles. The first-order chi connectivity index (χ1) is 18.6. The summed E-state index contributed by atoms with van der Waals surface area (Å²) in [7, 11) is 0. The Labute approximate surface area is 245 Å². The molecule has 0 aliphatic carbocycles. The number of fused-ring (bicyclic) bond motifs is 4. The van der Waals surface area contributed by atoms with E-state index in [-0.39, 0.29) is 26.8 Å². The largest absolute Gasteiger partial charge is 2.00 e. The van der Waals surface area contributed by atoms with E-state index in [4.69, 9.17) is 4.98 Å². The summed E-state index contributed by atoms with van der Waals surface area (Å²) in [4.78, 5) is 4.81. The van der Waals surface area contributed by atoms with Gasteiger partial charge in [0.2, 0.25) is 0 Å². The second-order valence-corrected chi connectivity index (χ2v) is 10.8. The fourth-order valence-corrected chi connectivity index (χ4v) is 6.32. The molecule has 0 atom stereocenters. The van der Waals surface area contributed by atoms with Crippen molar-refractivity contribution in [2.45, 2.75) is 19.8 Å². The standard InChI is InChI=1S/C33H24N3OS.Pt/c1-21(2)22-14-15-25-26-16-17-34-32(33(26)38-31(25)19-22)23-8-7-9-24(18-23)35-20-36(28-11-4-3-10-27(28)35)29-12-5-6-13-30(29)37;/h3-17,19,21,37H,1-2H3;/q-1;+2.